The summed E-state index contributed by atoms with van der Waals surface area (Å²) in [7, 11) is -5.52. The molecule has 5 aliphatic rings. The van der Waals surface area contributed by atoms with E-state index in [0.29, 0.717) is 18.6 Å². The maximum Gasteiger partial charge on any atom is 0.534 e. The molecule has 0 aromatic rings. The summed E-state index contributed by atoms with van der Waals surface area (Å²) in [6, 6.07) is 0. The van der Waals surface area contributed by atoms with Crippen LogP contribution in [0.15, 0.2) is 79.7 Å². The molecule has 1 aliphatic heterocycles. The molecule has 312 valence electrons. The lowest BCUT2D eigenvalue weighted by Crippen LogP contribution is -2.25. The summed E-state index contributed by atoms with van der Waals surface area (Å²) in [4.78, 5) is 21.8. The van der Waals surface area contributed by atoms with Gasteiger partial charge in [0.25, 0.3) is 0 Å². The first kappa shape index (κ1) is 50.0. The average molecular weight is 797 g/mol. The van der Waals surface area contributed by atoms with Crippen molar-refractivity contribution in [2.75, 3.05) is 19.8 Å². The van der Waals surface area contributed by atoms with Crippen LogP contribution >= 0.6 is 0 Å². The van der Waals surface area contributed by atoms with Crippen LogP contribution in [-0.4, -0.2) is 50.4 Å². The number of alkyl halides is 3. The second-order valence-electron chi connectivity index (χ2n) is 15.3. The normalized spacial score (nSPS) is 18.6. The number of halogens is 3. The number of carbonyl (C=O) groups excluding carboxylic acids is 2. The number of ether oxygens (including phenoxy) is 1. The first-order chi connectivity index (χ1) is 25.7. The highest BCUT2D eigenvalue weighted by atomic mass is 32.2. The van der Waals surface area contributed by atoms with E-state index in [-0.39, 0.29) is 24.6 Å². The first-order valence-corrected chi connectivity index (χ1v) is 21.0. The van der Waals surface area contributed by atoms with E-state index in [9.17, 15) is 31.2 Å². The molecule has 5 rings (SSSR count). The van der Waals surface area contributed by atoms with Gasteiger partial charge in [-0.3, -0.25) is 9.59 Å². The molecule has 2 fully saturated rings. The quantitative estimate of drug-likeness (QED) is 0.171. The predicted octanol–water partition coefficient (Wildman–Crippen LogP) is 12.0. The number of allylic oxidation sites excluding steroid dienone is 13. The van der Waals surface area contributed by atoms with Gasteiger partial charge in [0.15, 0.2) is 5.78 Å². The van der Waals surface area contributed by atoms with Crippen LogP contribution in [-0.2, 0) is 28.6 Å². The van der Waals surface area contributed by atoms with Gasteiger partial charge in [0.2, 0.25) is 0 Å². The number of rotatable bonds is 4. The maximum absolute atomic E-state index is 12.0. The van der Waals surface area contributed by atoms with E-state index in [1.54, 1.807) is 12.5 Å². The molecule has 0 spiro atoms. The Balaban J connectivity index is 0.000000357. The monoisotopic (exact) mass is 796 g/mol. The summed E-state index contributed by atoms with van der Waals surface area (Å²) in [6.45, 7) is 20.6. The summed E-state index contributed by atoms with van der Waals surface area (Å²) in [5.41, 5.74) is 7.85. The number of hydrogen-bond acceptors (Lipinski definition) is 7. The Kier molecular flexibility index (Phi) is 23.0. The molecule has 1 heterocycles. The van der Waals surface area contributed by atoms with E-state index in [2.05, 4.69) is 57.9 Å². The summed E-state index contributed by atoms with van der Waals surface area (Å²) in [5.74, 6) is 0.542. The minimum Gasteiger partial charge on any atom is -0.392 e. The summed E-state index contributed by atoms with van der Waals surface area (Å²) >= 11 is 0. The molecule has 0 atom stereocenters. The van der Waals surface area contributed by atoms with Gasteiger partial charge < -0.3 is 14.0 Å². The van der Waals surface area contributed by atoms with E-state index in [1.807, 2.05) is 13.8 Å². The van der Waals surface area contributed by atoms with Crippen molar-refractivity contribution < 1.29 is 45.2 Å². The Hall–Kier alpha value is -3.02. The smallest absolute Gasteiger partial charge is 0.392 e. The molecule has 0 amide bonds. The SMILES string of the molecule is C1CCOC1.CC(=O)C1=CCC(=C(C)C)CC1.CC(C)=C1CC=C(CO)CC1.CC(C)=C1CC=C(OS(=O)(=O)C(F)(F)F)CC1.CC(C)=C1CCC(=O)CC1. The van der Waals surface area contributed by atoms with Gasteiger partial charge in [0.1, 0.15) is 11.5 Å². The van der Waals surface area contributed by atoms with Crippen molar-refractivity contribution in [2.45, 2.75) is 164 Å². The van der Waals surface area contributed by atoms with Crippen LogP contribution in [0.5, 0.6) is 0 Å². The summed E-state index contributed by atoms with van der Waals surface area (Å²) in [6.07, 6.45) is 19.2. The van der Waals surface area contributed by atoms with Crippen molar-refractivity contribution in [3.8, 4) is 0 Å². The van der Waals surface area contributed by atoms with Crippen LogP contribution in [0.2, 0.25) is 0 Å². The number of hydrogen-bond donors (Lipinski definition) is 1. The van der Waals surface area contributed by atoms with Crippen LogP contribution in [0.4, 0.5) is 13.2 Å². The molecule has 0 aromatic heterocycles. The molecular formula is C44H67F3O7S. The molecular weight excluding hydrogens is 730 g/mol. The van der Waals surface area contributed by atoms with E-state index in [4.69, 9.17) is 9.84 Å². The Morgan fingerprint density at radius 3 is 1.40 bits per heavy atom. The molecule has 1 saturated carbocycles. The van der Waals surface area contributed by atoms with E-state index in [0.717, 1.165) is 94.1 Å². The van der Waals surface area contributed by atoms with Crippen molar-refractivity contribution in [3.05, 3.63) is 79.7 Å². The zero-order valence-corrected chi connectivity index (χ0v) is 35.7. The number of aliphatic hydroxyl groups is 1. The van der Waals surface area contributed by atoms with Crippen molar-refractivity contribution >= 4 is 21.7 Å². The van der Waals surface area contributed by atoms with E-state index in [1.165, 1.54) is 52.4 Å². The maximum atomic E-state index is 12.0. The largest absolute Gasteiger partial charge is 0.534 e. The fourth-order valence-electron chi connectivity index (χ4n) is 6.16. The van der Waals surface area contributed by atoms with Gasteiger partial charge in [-0.05, 0) is 157 Å². The predicted molar refractivity (Wildman–Crippen MR) is 217 cm³/mol. The lowest BCUT2D eigenvalue weighted by Gasteiger charge is -2.18. The zero-order valence-electron chi connectivity index (χ0n) is 34.9. The van der Waals surface area contributed by atoms with Gasteiger partial charge in [-0.25, -0.2) is 0 Å². The minimum absolute atomic E-state index is 0.132. The van der Waals surface area contributed by atoms with Gasteiger partial charge in [-0.1, -0.05) is 56.7 Å². The fraction of sp³-hybridized carbons (Fsp3) is 0.636. The van der Waals surface area contributed by atoms with Crippen molar-refractivity contribution in [1.29, 1.82) is 0 Å². The molecule has 11 heteroatoms. The molecule has 0 aromatic carbocycles. The van der Waals surface area contributed by atoms with Crippen LogP contribution in [0.25, 0.3) is 0 Å². The Morgan fingerprint density at radius 2 is 1.09 bits per heavy atom. The fourth-order valence-corrected chi connectivity index (χ4v) is 6.69. The topological polar surface area (TPSA) is 107 Å². The molecule has 0 unspecified atom stereocenters. The molecule has 0 bridgehead atoms. The number of Topliss-reactive ketones (excluding diaryl/α,β-unsaturated/α-hetero) is 2. The van der Waals surface area contributed by atoms with Gasteiger partial charge in [-0.2, -0.15) is 21.6 Å². The van der Waals surface area contributed by atoms with Crippen molar-refractivity contribution in [3.63, 3.8) is 0 Å². The Labute approximate surface area is 329 Å². The third kappa shape index (κ3) is 20.1. The lowest BCUT2D eigenvalue weighted by atomic mass is 9.90. The van der Waals surface area contributed by atoms with Gasteiger partial charge >= 0.3 is 15.6 Å². The van der Waals surface area contributed by atoms with Crippen molar-refractivity contribution in [1.82, 2.24) is 0 Å². The number of aliphatic hydroxyl groups excluding tert-OH is 1. The molecule has 1 N–H and O–H groups in total. The third-order valence-electron chi connectivity index (χ3n) is 10.1. The number of carbonyl (C=O) groups is 2. The zero-order chi connectivity index (χ0) is 41.8. The average Bonchev–Trinajstić information content (AvgIpc) is 3.73. The molecule has 0 radical (unpaired) electrons. The summed E-state index contributed by atoms with van der Waals surface area (Å²) in [5, 5.41) is 8.83. The molecule has 4 aliphatic carbocycles. The van der Waals surface area contributed by atoms with Crippen molar-refractivity contribution in [2.24, 2.45) is 0 Å². The van der Waals surface area contributed by atoms with Gasteiger partial charge in [0.05, 0.1) is 6.61 Å². The van der Waals surface area contributed by atoms with E-state index < -0.39 is 15.6 Å². The Bertz CT molecular complexity index is 1590. The van der Waals surface area contributed by atoms with Crippen LogP contribution in [0.1, 0.15) is 159 Å². The number of ketones is 2. The molecule has 55 heavy (non-hydrogen) atoms. The van der Waals surface area contributed by atoms with Gasteiger partial charge in [-0.15, -0.1) is 0 Å². The summed E-state index contributed by atoms with van der Waals surface area (Å²) < 4.78 is 66.6. The minimum atomic E-state index is -5.52. The third-order valence-corrected chi connectivity index (χ3v) is 11.1. The van der Waals surface area contributed by atoms with Crippen LogP contribution < -0.4 is 0 Å². The highest BCUT2D eigenvalue weighted by Gasteiger charge is 2.48. The standard InChI is InChI=1S/C11H16O.C10H13F3O3S.C10H16O.C9H14O.C4H8O/c1-8(2)10-4-6-11(7-5-10)9(3)12;1-7(2)8-3-5-9(6-4-8)16-17(14,15)10(11,12)13;1-8(2)10-5-3-9(7-11)4-6-10;1-7(2)8-3-5-9(10)6-4-8;1-2-4-5-3-1/h6H,4-5,7H2,1-3H3;5H,3-4,6H2,1-2H3;3,11H,4-7H2,1-2H3;3-6H2,1-2H3;1-4H2. The van der Waals surface area contributed by atoms with Crippen LogP contribution in [0.3, 0.4) is 0 Å². The van der Waals surface area contributed by atoms with Gasteiger partial charge in [0, 0.05) is 32.5 Å². The Morgan fingerprint density at radius 1 is 0.655 bits per heavy atom. The second kappa shape index (κ2) is 25.3. The molecule has 7 nitrogen and oxygen atoms in total. The highest BCUT2D eigenvalue weighted by Crippen LogP contribution is 2.32. The second-order valence-corrected chi connectivity index (χ2v) is 16.9. The first-order valence-electron chi connectivity index (χ1n) is 19.6. The lowest BCUT2D eigenvalue weighted by molar-refractivity contribution is -0.119. The van der Waals surface area contributed by atoms with E-state index >= 15 is 0 Å². The highest BCUT2D eigenvalue weighted by molar-refractivity contribution is 7.87. The van der Waals surface area contributed by atoms with Crippen LogP contribution in [0, 0.1) is 0 Å². The molecule has 1 saturated heterocycles.